The number of carbonyl (C=O) groups is 2. The van der Waals surface area contributed by atoms with Gasteiger partial charge in [-0.3, -0.25) is 14.4 Å². The van der Waals surface area contributed by atoms with Gasteiger partial charge in [0.15, 0.2) is 0 Å². The summed E-state index contributed by atoms with van der Waals surface area (Å²) in [5.41, 5.74) is 3.06. The number of ether oxygens (including phenoxy) is 1. The number of aromatic nitrogens is 1. The third-order valence-electron chi connectivity index (χ3n) is 5.56. The molecule has 4 rings (SSSR count). The summed E-state index contributed by atoms with van der Waals surface area (Å²) in [5.74, 6) is -0.683. The average molecular weight is 481 g/mol. The van der Waals surface area contributed by atoms with Gasteiger partial charge in [-0.15, -0.1) is 0 Å². The minimum atomic E-state index is -1.24. The van der Waals surface area contributed by atoms with E-state index in [9.17, 15) is 19.5 Å². The smallest absolute Gasteiger partial charge is 0.322 e. The number of benzene rings is 2. The molecular weight excluding hydrogens is 456 g/mol. The molecule has 9 heteroatoms. The molecule has 1 amide bonds. The fraction of sp³-hybridized carbons (Fsp3) is 0.240. The highest BCUT2D eigenvalue weighted by atomic mass is 32.2. The Labute approximate surface area is 200 Å². The number of nitrogens with one attached hydrogen (secondary N) is 1. The van der Waals surface area contributed by atoms with Gasteiger partial charge in [-0.2, -0.15) is 11.8 Å². The van der Waals surface area contributed by atoms with Crippen LogP contribution in [0, 0.1) is 0 Å². The zero-order valence-corrected chi connectivity index (χ0v) is 19.4. The van der Waals surface area contributed by atoms with E-state index < -0.39 is 29.5 Å². The second-order valence-electron chi connectivity index (χ2n) is 7.76. The molecule has 2 aromatic carbocycles. The van der Waals surface area contributed by atoms with E-state index in [0.29, 0.717) is 29.4 Å². The predicted molar refractivity (Wildman–Crippen MR) is 129 cm³/mol. The van der Waals surface area contributed by atoms with Crippen molar-refractivity contribution in [3.63, 3.8) is 0 Å². The van der Waals surface area contributed by atoms with Gasteiger partial charge >= 0.3 is 5.97 Å². The first-order valence-electron chi connectivity index (χ1n) is 10.8. The fourth-order valence-corrected chi connectivity index (χ4v) is 5.02. The van der Waals surface area contributed by atoms with Gasteiger partial charge in [0.2, 0.25) is 0 Å². The second-order valence-corrected chi connectivity index (χ2v) is 8.75. The number of hydrogen-bond donors (Lipinski definition) is 3. The van der Waals surface area contributed by atoms with Gasteiger partial charge in [0.05, 0.1) is 13.2 Å². The van der Waals surface area contributed by atoms with E-state index in [1.165, 1.54) is 16.3 Å². The molecule has 2 heterocycles. The molecule has 0 saturated carbocycles. The highest BCUT2D eigenvalue weighted by Crippen LogP contribution is 2.36. The molecule has 0 atom stereocenters. The SMILES string of the molecule is CCOc1ccc(-c2ccc(Cn3c4c(c(O)c(C(=O)NCC(=O)O)c3=O)CSC4)cc2)cc1. The highest BCUT2D eigenvalue weighted by molar-refractivity contribution is 7.98. The van der Waals surface area contributed by atoms with E-state index in [-0.39, 0.29) is 12.3 Å². The Morgan fingerprint density at radius 2 is 1.71 bits per heavy atom. The van der Waals surface area contributed by atoms with Gasteiger partial charge < -0.3 is 24.8 Å². The number of carbonyl (C=O) groups excluding carboxylic acids is 1. The highest BCUT2D eigenvalue weighted by Gasteiger charge is 2.28. The van der Waals surface area contributed by atoms with E-state index in [1.54, 1.807) is 0 Å². The summed E-state index contributed by atoms with van der Waals surface area (Å²) in [4.78, 5) is 36.5. The minimum absolute atomic E-state index is 0.227. The van der Waals surface area contributed by atoms with Crippen molar-refractivity contribution in [2.45, 2.75) is 25.0 Å². The van der Waals surface area contributed by atoms with Crippen molar-refractivity contribution in [2.75, 3.05) is 13.2 Å². The Morgan fingerprint density at radius 1 is 1.06 bits per heavy atom. The minimum Gasteiger partial charge on any atom is -0.507 e. The maximum Gasteiger partial charge on any atom is 0.322 e. The van der Waals surface area contributed by atoms with Crippen LogP contribution in [0.5, 0.6) is 11.5 Å². The molecule has 1 aliphatic rings. The van der Waals surface area contributed by atoms with Gasteiger partial charge in [-0.25, -0.2) is 0 Å². The van der Waals surface area contributed by atoms with E-state index in [4.69, 9.17) is 9.84 Å². The Morgan fingerprint density at radius 3 is 2.32 bits per heavy atom. The van der Waals surface area contributed by atoms with Crippen molar-refractivity contribution in [2.24, 2.45) is 0 Å². The van der Waals surface area contributed by atoms with Crippen molar-refractivity contribution in [1.29, 1.82) is 0 Å². The zero-order valence-electron chi connectivity index (χ0n) is 18.5. The van der Waals surface area contributed by atoms with E-state index in [0.717, 1.165) is 22.4 Å². The van der Waals surface area contributed by atoms with Gasteiger partial charge in [0, 0.05) is 22.8 Å². The lowest BCUT2D eigenvalue weighted by Crippen LogP contribution is -2.37. The summed E-state index contributed by atoms with van der Waals surface area (Å²) >= 11 is 1.54. The van der Waals surface area contributed by atoms with Crippen molar-refractivity contribution >= 4 is 23.6 Å². The molecule has 0 spiro atoms. The molecule has 0 aliphatic carbocycles. The van der Waals surface area contributed by atoms with Crippen LogP contribution in [0.4, 0.5) is 0 Å². The van der Waals surface area contributed by atoms with E-state index in [1.807, 2.05) is 55.5 Å². The largest absolute Gasteiger partial charge is 0.507 e. The maximum absolute atomic E-state index is 13.2. The molecule has 3 N–H and O–H groups in total. The Kier molecular flexibility index (Phi) is 6.93. The quantitative estimate of drug-likeness (QED) is 0.453. The van der Waals surface area contributed by atoms with Crippen molar-refractivity contribution in [3.05, 3.63) is 81.3 Å². The maximum atomic E-state index is 13.2. The molecular formula is C25H24N2O6S. The van der Waals surface area contributed by atoms with E-state index in [2.05, 4.69) is 5.32 Å². The number of hydrogen-bond acceptors (Lipinski definition) is 6. The number of pyridine rings is 1. The molecule has 0 fully saturated rings. The monoisotopic (exact) mass is 480 g/mol. The summed E-state index contributed by atoms with van der Waals surface area (Å²) in [6, 6.07) is 15.6. The molecule has 176 valence electrons. The number of rotatable bonds is 8. The van der Waals surface area contributed by atoms with Crippen LogP contribution >= 0.6 is 11.8 Å². The number of aromatic hydroxyl groups is 1. The van der Waals surface area contributed by atoms with Gasteiger partial charge in [0.1, 0.15) is 23.6 Å². The normalized spacial score (nSPS) is 12.3. The summed E-state index contributed by atoms with van der Waals surface area (Å²) in [6.45, 7) is 2.13. The van der Waals surface area contributed by atoms with Crippen LogP contribution in [-0.2, 0) is 22.8 Å². The first-order chi connectivity index (χ1) is 16.4. The van der Waals surface area contributed by atoms with Gasteiger partial charge in [-0.05, 0) is 35.7 Å². The molecule has 34 heavy (non-hydrogen) atoms. The number of thioether (sulfide) groups is 1. The number of carboxylic acid groups (broad SMARTS) is 1. The first kappa shape index (κ1) is 23.4. The lowest BCUT2D eigenvalue weighted by molar-refractivity contribution is -0.135. The number of amides is 1. The standard InChI is InChI=1S/C25H24N2O6S/c1-2-33-18-9-7-17(8-10-18)16-5-3-15(4-6-16)12-27-20-14-34-13-19(20)23(30)22(25(27)32)24(31)26-11-21(28)29/h3-10,30H,2,11-14H2,1H3,(H,26,31)(H,28,29). The second kappa shape index (κ2) is 10.0. The molecule has 0 radical (unpaired) electrons. The lowest BCUT2D eigenvalue weighted by atomic mass is 10.0. The summed E-state index contributed by atoms with van der Waals surface area (Å²) in [6.07, 6.45) is 0. The third kappa shape index (κ3) is 4.79. The van der Waals surface area contributed by atoms with Crippen LogP contribution in [0.15, 0.2) is 53.3 Å². The average Bonchev–Trinajstić information content (AvgIpc) is 3.32. The first-order valence-corrected chi connectivity index (χ1v) is 11.9. The van der Waals surface area contributed by atoms with Crippen molar-refractivity contribution in [1.82, 2.24) is 9.88 Å². The van der Waals surface area contributed by atoms with Gasteiger partial charge in [0.25, 0.3) is 11.5 Å². The Balaban J connectivity index is 1.63. The van der Waals surface area contributed by atoms with Crippen LogP contribution in [0.1, 0.15) is 34.1 Å². The van der Waals surface area contributed by atoms with E-state index >= 15 is 0 Å². The van der Waals surface area contributed by atoms with Crippen LogP contribution in [-0.4, -0.2) is 39.8 Å². The lowest BCUT2D eigenvalue weighted by Gasteiger charge is -2.16. The predicted octanol–water partition coefficient (Wildman–Crippen LogP) is 3.23. The van der Waals surface area contributed by atoms with Crippen LogP contribution in [0.25, 0.3) is 11.1 Å². The third-order valence-corrected chi connectivity index (χ3v) is 6.53. The molecule has 0 unspecified atom stereocenters. The van der Waals surface area contributed by atoms with Gasteiger partial charge in [-0.1, -0.05) is 36.4 Å². The molecule has 3 aromatic rings. The van der Waals surface area contributed by atoms with Crippen molar-refractivity contribution in [3.8, 4) is 22.6 Å². The molecule has 8 nitrogen and oxygen atoms in total. The molecule has 1 aromatic heterocycles. The molecule has 1 aliphatic heterocycles. The molecule has 0 saturated heterocycles. The summed E-state index contributed by atoms with van der Waals surface area (Å²) < 4.78 is 6.98. The summed E-state index contributed by atoms with van der Waals surface area (Å²) in [7, 11) is 0. The number of aliphatic carboxylic acids is 1. The molecule has 0 bridgehead atoms. The number of carboxylic acids is 1. The van der Waals surface area contributed by atoms with Crippen LogP contribution in [0.2, 0.25) is 0 Å². The zero-order chi connectivity index (χ0) is 24.2. The fourth-order valence-electron chi connectivity index (χ4n) is 3.89. The van der Waals surface area contributed by atoms with Crippen LogP contribution < -0.4 is 15.6 Å². The topological polar surface area (TPSA) is 118 Å². The Hall–Kier alpha value is -3.72. The number of nitrogens with zero attached hydrogens (tertiary/aromatic N) is 1. The summed E-state index contributed by atoms with van der Waals surface area (Å²) in [5, 5.41) is 21.6. The van der Waals surface area contributed by atoms with Crippen LogP contribution in [0.3, 0.4) is 0 Å². The number of fused-ring (bicyclic) bond motifs is 1. The Bertz CT molecular complexity index is 1280. The van der Waals surface area contributed by atoms with Crippen molar-refractivity contribution < 1.29 is 24.5 Å².